The number of hydrogen-bond acceptors (Lipinski definition) is 5. The fourth-order valence-electron chi connectivity index (χ4n) is 2.99. The molecule has 1 aromatic carbocycles. The third-order valence-electron chi connectivity index (χ3n) is 4.31. The van der Waals surface area contributed by atoms with E-state index in [0.29, 0.717) is 29.2 Å². The second-order valence-corrected chi connectivity index (χ2v) is 6.96. The van der Waals surface area contributed by atoms with Gasteiger partial charge < -0.3 is 15.0 Å². The van der Waals surface area contributed by atoms with Gasteiger partial charge in [-0.2, -0.15) is 0 Å². The Labute approximate surface area is 155 Å². The van der Waals surface area contributed by atoms with Crippen LogP contribution in [0.2, 0.25) is 0 Å². The van der Waals surface area contributed by atoms with Crippen molar-refractivity contribution in [1.29, 1.82) is 0 Å². The van der Waals surface area contributed by atoms with Crippen LogP contribution in [0.15, 0.2) is 41.8 Å². The molecule has 0 saturated carbocycles. The number of hydrogen-bond donors (Lipinski definition) is 1. The van der Waals surface area contributed by atoms with Crippen LogP contribution in [0.3, 0.4) is 0 Å². The molecular weight excluding hydrogens is 352 g/mol. The maximum atomic E-state index is 12.7. The van der Waals surface area contributed by atoms with Gasteiger partial charge in [-0.05, 0) is 48.9 Å². The van der Waals surface area contributed by atoms with Gasteiger partial charge in [-0.25, -0.2) is 4.79 Å². The molecule has 1 atom stereocenters. The number of rotatable bonds is 4. The molecule has 1 saturated heterocycles. The highest BCUT2D eigenvalue weighted by molar-refractivity contribution is 7.12. The lowest BCUT2D eigenvalue weighted by atomic mass is 10.0. The number of carbonyl (C=O) groups excluding carboxylic acids is 3. The van der Waals surface area contributed by atoms with E-state index in [-0.39, 0.29) is 11.8 Å². The quantitative estimate of drug-likeness (QED) is 0.661. The molecule has 1 aromatic heterocycles. The number of nitrogens with zero attached hydrogens (tertiary/aromatic N) is 1. The average Bonchev–Trinajstić information content (AvgIpc) is 3.21. The molecule has 26 heavy (non-hydrogen) atoms. The number of nitrogens with one attached hydrogen (secondary N) is 1. The molecule has 1 aliphatic heterocycles. The lowest BCUT2D eigenvalue weighted by molar-refractivity contribution is -0.140. The summed E-state index contributed by atoms with van der Waals surface area (Å²) in [4.78, 5) is 39.3. The molecule has 2 aromatic rings. The van der Waals surface area contributed by atoms with E-state index in [9.17, 15) is 14.4 Å². The van der Waals surface area contributed by atoms with Gasteiger partial charge >= 0.3 is 5.97 Å². The molecule has 3 rings (SSSR count). The Hall–Kier alpha value is -2.67. The van der Waals surface area contributed by atoms with Gasteiger partial charge in [0.25, 0.3) is 11.8 Å². The summed E-state index contributed by atoms with van der Waals surface area (Å²) in [6, 6.07) is 9.41. The van der Waals surface area contributed by atoms with Gasteiger partial charge in [0.1, 0.15) is 11.8 Å². The summed E-state index contributed by atoms with van der Waals surface area (Å²) in [7, 11) is 1.54. The molecule has 7 heteroatoms. The monoisotopic (exact) mass is 372 g/mol. The van der Waals surface area contributed by atoms with Gasteiger partial charge in [0, 0.05) is 19.2 Å². The van der Waals surface area contributed by atoms with Crippen molar-refractivity contribution in [2.75, 3.05) is 13.6 Å². The highest BCUT2D eigenvalue weighted by Gasteiger charge is 2.34. The molecule has 0 radical (unpaired) electrons. The van der Waals surface area contributed by atoms with Crippen molar-refractivity contribution in [3.63, 3.8) is 0 Å². The summed E-state index contributed by atoms with van der Waals surface area (Å²) >= 11 is 1.36. The summed E-state index contributed by atoms with van der Waals surface area (Å²) < 4.78 is 5.48. The molecule has 2 heterocycles. The molecule has 1 N–H and O–H groups in total. The fourth-order valence-corrected chi connectivity index (χ4v) is 3.67. The Morgan fingerprint density at radius 2 is 2.04 bits per heavy atom. The van der Waals surface area contributed by atoms with Crippen LogP contribution in [0.4, 0.5) is 0 Å². The highest BCUT2D eigenvalue weighted by atomic mass is 32.1. The van der Waals surface area contributed by atoms with Crippen molar-refractivity contribution < 1.29 is 19.1 Å². The third-order valence-corrected chi connectivity index (χ3v) is 5.17. The summed E-state index contributed by atoms with van der Waals surface area (Å²) in [5.74, 6) is -0.565. The van der Waals surface area contributed by atoms with Gasteiger partial charge in [0.15, 0.2) is 0 Å². The summed E-state index contributed by atoms with van der Waals surface area (Å²) in [5, 5.41) is 4.37. The topological polar surface area (TPSA) is 75.7 Å². The number of thiophene rings is 1. The van der Waals surface area contributed by atoms with Gasteiger partial charge in [-0.3, -0.25) is 9.59 Å². The predicted molar refractivity (Wildman–Crippen MR) is 98.5 cm³/mol. The van der Waals surface area contributed by atoms with E-state index in [0.717, 1.165) is 12.8 Å². The van der Waals surface area contributed by atoms with E-state index >= 15 is 0 Å². The van der Waals surface area contributed by atoms with Crippen LogP contribution in [0.5, 0.6) is 5.75 Å². The minimum Gasteiger partial charge on any atom is -0.425 e. The Morgan fingerprint density at radius 1 is 1.19 bits per heavy atom. The van der Waals surface area contributed by atoms with E-state index in [1.807, 2.05) is 11.4 Å². The Bertz CT molecular complexity index is 804. The molecule has 0 aliphatic carbocycles. The molecule has 1 aliphatic rings. The molecule has 0 bridgehead atoms. The molecular formula is C19H20N2O4S. The van der Waals surface area contributed by atoms with Crippen molar-refractivity contribution in [2.45, 2.75) is 25.3 Å². The van der Waals surface area contributed by atoms with Crippen LogP contribution in [-0.2, 0) is 4.79 Å². The summed E-state index contributed by atoms with van der Waals surface area (Å²) in [6.45, 7) is 0.536. The first-order valence-electron chi connectivity index (χ1n) is 8.48. The van der Waals surface area contributed by atoms with Crippen LogP contribution >= 0.6 is 11.3 Å². The van der Waals surface area contributed by atoms with Crippen LogP contribution in [0.25, 0.3) is 0 Å². The van der Waals surface area contributed by atoms with Crippen molar-refractivity contribution in [1.82, 2.24) is 10.2 Å². The predicted octanol–water partition coefficient (Wildman–Crippen LogP) is 2.71. The second-order valence-electron chi connectivity index (χ2n) is 6.02. The second kappa shape index (κ2) is 8.14. The Morgan fingerprint density at radius 3 is 2.77 bits per heavy atom. The van der Waals surface area contributed by atoms with E-state index in [4.69, 9.17) is 4.74 Å². The third kappa shape index (κ3) is 3.94. The number of carbonyl (C=O) groups is 3. The van der Waals surface area contributed by atoms with E-state index in [1.54, 1.807) is 29.2 Å². The van der Waals surface area contributed by atoms with E-state index < -0.39 is 12.0 Å². The number of ether oxygens (including phenoxy) is 1. The zero-order valence-electron chi connectivity index (χ0n) is 14.4. The minimum absolute atomic E-state index is 0.138. The highest BCUT2D eigenvalue weighted by Crippen LogP contribution is 2.24. The molecule has 6 nitrogen and oxygen atoms in total. The number of benzene rings is 1. The molecule has 0 spiro atoms. The lowest BCUT2D eigenvalue weighted by Crippen LogP contribution is -2.49. The van der Waals surface area contributed by atoms with Gasteiger partial charge in [-0.1, -0.05) is 12.1 Å². The Balaban J connectivity index is 1.75. The smallest absolute Gasteiger partial charge is 0.334 e. The van der Waals surface area contributed by atoms with Crippen molar-refractivity contribution in [2.24, 2.45) is 0 Å². The standard InChI is InChI=1S/C19H20N2O4S/c1-20-17(22)13-6-4-7-14(12-13)25-19(24)15-8-2-3-10-21(15)18(23)16-9-5-11-26-16/h4-7,9,11-12,15H,2-3,8,10H2,1H3,(H,20,22). The largest absolute Gasteiger partial charge is 0.425 e. The van der Waals surface area contributed by atoms with Gasteiger partial charge in [0.05, 0.1) is 4.88 Å². The van der Waals surface area contributed by atoms with Crippen molar-refractivity contribution >= 4 is 29.1 Å². The maximum absolute atomic E-state index is 12.7. The van der Waals surface area contributed by atoms with Crippen LogP contribution in [0.1, 0.15) is 39.3 Å². The molecule has 2 amide bonds. The van der Waals surface area contributed by atoms with Gasteiger partial charge in [0.2, 0.25) is 0 Å². The number of esters is 1. The molecule has 1 unspecified atom stereocenters. The lowest BCUT2D eigenvalue weighted by Gasteiger charge is -2.33. The van der Waals surface area contributed by atoms with Crippen molar-refractivity contribution in [3.8, 4) is 5.75 Å². The summed E-state index contributed by atoms with van der Waals surface area (Å²) in [6.07, 6.45) is 2.31. The van der Waals surface area contributed by atoms with E-state index in [1.165, 1.54) is 24.5 Å². The number of piperidine rings is 1. The van der Waals surface area contributed by atoms with Crippen molar-refractivity contribution in [3.05, 3.63) is 52.2 Å². The summed E-state index contributed by atoms with van der Waals surface area (Å²) in [5.41, 5.74) is 0.410. The number of likely N-dealkylation sites (tertiary alicyclic amines) is 1. The van der Waals surface area contributed by atoms with Gasteiger partial charge in [-0.15, -0.1) is 11.3 Å². The van der Waals surface area contributed by atoms with E-state index in [2.05, 4.69) is 5.32 Å². The van der Waals surface area contributed by atoms with Crippen LogP contribution < -0.4 is 10.1 Å². The van der Waals surface area contributed by atoms with Crippen LogP contribution in [-0.4, -0.2) is 42.3 Å². The maximum Gasteiger partial charge on any atom is 0.334 e. The molecule has 1 fully saturated rings. The minimum atomic E-state index is -0.609. The Kier molecular flexibility index (Phi) is 5.68. The zero-order valence-corrected chi connectivity index (χ0v) is 15.3. The fraction of sp³-hybridized carbons (Fsp3) is 0.316. The number of amides is 2. The van der Waals surface area contributed by atoms with Crippen LogP contribution in [0, 0.1) is 0 Å². The molecule has 136 valence electrons. The first-order chi connectivity index (χ1) is 12.6. The first-order valence-corrected chi connectivity index (χ1v) is 9.36. The SMILES string of the molecule is CNC(=O)c1cccc(OC(=O)C2CCCCN2C(=O)c2cccs2)c1. The average molecular weight is 372 g/mol. The normalized spacial score (nSPS) is 16.8. The zero-order chi connectivity index (χ0) is 18.5. The first kappa shape index (κ1) is 18.1.